The van der Waals surface area contributed by atoms with Crippen molar-refractivity contribution in [1.82, 2.24) is 4.98 Å². The molecule has 0 spiro atoms. The van der Waals surface area contributed by atoms with Crippen LogP contribution in [0.3, 0.4) is 0 Å². The summed E-state index contributed by atoms with van der Waals surface area (Å²) in [5.74, 6) is 1.14. The molecule has 7 heteroatoms. The minimum Gasteiger partial charge on any atom is -0.384 e. The Balaban J connectivity index is 2.13. The van der Waals surface area contributed by atoms with Crippen molar-refractivity contribution in [2.75, 3.05) is 37.4 Å². The number of methoxy groups -OCH3 is 1. The van der Waals surface area contributed by atoms with Gasteiger partial charge in [0.1, 0.15) is 5.82 Å². The smallest absolute Gasteiger partial charge is 0.311 e. The molecule has 2 rings (SSSR count). The number of hydrogen-bond donors (Lipinski definition) is 1. The van der Waals surface area contributed by atoms with Gasteiger partial charge in [0.15, 0.2) is 0 Å². The van der Waals surface area contributed by atoms with Gasteiger partial charge in [-0.2, -0.15) is 0 Å². The highest BCUT2D eigenvalue weighted by atomic mass is 16.6. The van der Waals surface area contributed by atoms with Crippen molar-refractivity contribution in [3.8, 4) is 0 Å². The van der Waals surface area contributed by atoms with Crippen LogP contribution in [0.1, 0.15) is 12.8 Å². The van der Waals surface area contributed by atoms with Crippen molar-refractivity contribution in [2.45, 2.75) is 12.8 Å². The highest BCUT2D eigenvalue weighted by Gasteiger charge is 2.22. The molecule has 19 heavy (non-hydrogen) atoms. The van der Waals surface area contributed by atoms with E-state index in [0.29, 0.717) is 11.7 Å². The second kappa shape index (κ2) is 5.83. The normalized spacial score (nSPS) is 19.4. The van der Waals surface area contributed by atoms with Crippen molar-refractivity contribution in [3.63, 3.8) is 0 Å². The first-order valence-electron chi connectivity index (χ1n) is 6.26. The van der Waals surface area contributed by atoms with Crippen LogP contribution in [0.5, 0.6) is 0 Å². The number of aromatic nitrogens is 1. The van der Waals surface area contributed by atoms with E-state index in [1.807, 2.05) is 0 Å². The summed E-state index contributed by atoms with van der Waals surface area (Å²) < 4.78 is 5.18. The largest absolute Gasteiger partial charge is 0.384 e. The van der Waals surface area contributed by atoms with Gasteiger partial charge in [0.25, 0.3) is 0 Å². The fourth-order valence-corrected chi connectivity index (χ4v) is 2.43. The van der Waals surface area contributed by atoms with E-state index in [1.165, 1.54) is 6.07 Å². The lowest BCUT2D eigenvalue weighted by Gasteiger charge is -2.33. The lowest BCUT2D eigenvalue weighted by molar-refractivity contribution is -0.384. The topological polar surface area (TPSA) is 94.5 Å². The van der Waals surface area contributed by atoms with E-state index in [4.69, 9.17) is 10.5 Å². The van der Waals surface area contributed by atoms with Gasteiger partial charge in [-0.05, 0) is 24.8 Å². The Hall–Kier alpha value is -1.89. The summed E-state index contributed by atoms with van der Waals surface area (Å²) in [5.41, 5.74) is 5.47. The van der Waals surface area contributed by atoms with Gasteiger partial charge in [-0.25, -0.2) is 4.98 Å². The highest BCUT2D eigenvalue weighted by Crippen LogP contribution is 2.26. The molecule has 1 aliphatic heterocycles. The van der Waals surface area contributed by atoms with E-state index in [9.17, 15) is 10.1 Å². The third kappa shape index (κ3) is 3.11. The molecule has 0 amide bonds. The minimum absolute atomic E-state index is 0.0311. The van der Waals surface area contributed by atoms with E-state index < -0.39 is 4.92 Å². The van der Waals surface area contributed by atoms with Crippen LogP contribution in [-0.4, -0.2) is 36.7 Å². The summed E-state index contributed by atoms with van der Waals surface area (Å²) in [6.45, 7) is 2.46. The van der Waals surface area contributed by atoms with Crippen LogP contribution in [-0.2, 0) is 4.74 Å². The average molecular weight is 266 g/mol. The zero-order chi connectivity index (χ0) is 13.8. The second-order valence-electron chi connectivity index (χ2n) is 4.74. The maximum atomic E-state index is 10.7. The molecule has 0 radical (unpaired) electrons. The fraction of sp³-hybridized carbons (Fsp3) is 0.583. The van der Waals surface area contributed by atoms with E-state index in [1.54, 1.807) is 13.2 Å². The van der Waals surface area contributed by atoms with E-state index >= 15 is 0 Å². The van der Waals surface area contributed by atoms with Crippen LogP contribution >= 0.6 is 0 Å². The Bertz CT molecular complexity index is 464. The monoisotopic (exact) mass is 266 g/mol. The van der Waals surface area contributed by atoms with Crippen molar-refractivity contribution in [1.29, 1.82) is 0 Å². The molecule has 1 atom stereocenters. The van der Waals surface area contributed by atoms with Gasteiger partial charge in [-0.15, -0.1) is 0 Å². The summed E-state index contributed by atoms with van der Waals surface area (Å²) in [6, 6.07) is 3.07. The van der Waals surface area contributed by atoms with Gasteiger partial charge >= 0.3 is 5.69 Å². The number of nitrogens with two attached hydrogens (primary N) is 1. The molecule has 2 N–H and O–H groups in total. The molecule has 0 saturated carbocycles. The number of nitro groups is 1. The van der Waals surface area contributed by atoms with Gasteiger partial charge < -0.3 is 15.4 Å². The summed E-state index contributed by atoms with van der Waals surface area (Å²) in [6.07, 6.45) is 2.19. The van der Waals surface area contributed by atoms with Crippen LogP contribution in [0.4, 0.5) is 17.3 Å². The van der Waals surface area contributed by atoms with E-state index in [2.05, 4.69) is 9.88 Å². The molecule has 1 aliphatic rings. The summed E-state index contributed by atoms with van der Waals surface area (Å²) in [5, 5.41) is 10.7. The number of nitrogen functional groups attached to an aromatic ring is 1. The molecular weight excluding hydrogens is 248 g/mol. The lowest BCUT2D eigenvalue weighted by atomic mass is 9.99. The van der Waals surface area contributed by atoms with Crippen LogP contribution < -0.4 is 10.6 Å². The zero-order valence-electron chi connectivity index (χ0n) is 10.9. The molecule has 1 saturated heterocycles. The molecule has 2 heterocycles. The molecule has 1 aromatic rings. The van der Waals surface area contributed by atoms with Crippen molar-refractivity contribution in [2.24, 2.45) is 5.92 Å². The minimum atomic E-state index is -0.518. The van der Waals surface area contributed by atoms with Gasteiger partial charge in [0, 0.05) is 26.3 Å². The summed E-state index contributed by atoms with van der Waals surface area (Å²) >= 11 is 0. The highest BCUT2D eigenvalue weighted by molar-refractivity contribution is 5.58. The molecule has 1 fully saturated rings. The van der Waals surface area contributed by atoms with Crippen molar-refractivity contribution >= 4 is 17.3 Å². The number of hydrogen-bond acceptors (Lipinski definition) is 6. The maximum Gasteiger partial charge on any atom is 0.311 e. The zero-order valence-corrected chi connectivity index (χ0v) is 10.9. The number of ether oxygens (including phenoxy) is 1. The Kier molecular flexibility index (Phi) is 4.16. The number of rotatable bonds is 4. The molecule has 1 unspecified atom stereocenters. The standard InChI is InChI=1S/C12H18N4O3/c1-19-8-9-3-2-6-15(7-9)11-5-4-10(16(17)18)12(13)14-11/h4-5,9H,2-3,6-8H2,1H3,(H2,13,14). The van der Waals surface area contributed by atoms with Crippen LogP contribution in [0.2, 0.25) is 0 Å². The van der Waals surface area contributed by atoms with Gasteiger partial charge in [-0.1, -0.05) is 0 Å². The fourth-order valence-electron chi connectivity index (χ4n) is 2.43. The Labute approximate surface area is 111 Å². The second-order valence-corrected chi connectivity index (χ2v) is 4.74. The molecule has 0 aliphatic carbocycles. The lowest BCUT2D eigenvalue weighted by Crippen LogP contribution is -2.37. The van der Waals surface area contributed by atoms with Crippen LogP contribution in [0.25, 0.3) is 0 Å². The predicted molar refractivity (Wildman–Crippen MR) is 72.1 cm³/mol. The molecular formula is C12H18N4O3. The number of piperidine rings is 1. The van der Waals surface area contributed by atoms with Gasteiger partial charge in [0.2, 0.25) is 5.82 Å². The summed E-state index contributed by atoms with van der Waals surface area (Å²) in [4.78, 5) is 16.4. The summed E-state index contributed by atoms with van der Waals surface area (Å²) in [7, 11) is 1.70. The number of anilines is 2. The van der Waals surface area contributed by atoms with Crippen LogP contribution in [0.15, 0.2) is 12.1 Å². The SMILES string of the molecule is COCC1CCCN(c2ccc([N+](=O)[O-])c(N)n2)C1. The Morgan fingerprint density at radius 2 is 2.42 bits per heavy atom. The quantitative estimate of drug-likeness (QED) is 0.654. The van der Waals surface area contributed by atoms with E-state index in [0.717, 1.165) is 32.5 Å². The third-order valence-electron chi connectivity index (χ3n) is 3.33. The third-order valence-corrected chi connectivity index (χ3v) is 3.33. The van der Waals surface area contributed by atoms with Crippen LogP contribution in [0, 0.1) is 16.0 Å². The van der Waals surface area contributed by atoms with E-state index in [-0.39, 0.29) is 11.5 Å². The van der Waals surface area contributed by atoms with Gasteiger partial charge in [0.05, 0.1) is 11.5 Å². The number of nitrogens with zero attached hydrogens (tertiary/aromatic N) is 3. The molecule has 0 aromatic carbocycles. The predicted octanol–water partition coefficient (Wildman–Crippen LogP) is 1.43. The molecule has 0 bridgehead atoms. The first kappa shape index (κ1) is 13.5. The molecule has 7 nitrogen and oxygen atoms in total. The van der Waals surface area contributed by atoms with Gasteiger partial charge in [-0.3, -0.25) is 10.1 Å². The molecule has 104 valence electrons. The first-order chi connectivity index (χ1) is 9.11. The van der Waals surface area contributed by atoms with Crippen molar-refractivity contribution in [3.05, 3.63) is 22.2 Å². The van der Waals surface area contributed by atoms with Crippen molar-refractivity contribution < 1.29 is 9.66 Å². The maximum absolute atomic E-state index is 10.7. The Morgan fingerprint density at radius 1 is 1.63 bits per heavy atom. The Morgan fingerprint density at radius 3 is 3.05 bits per heavy atom. The average Bonchev–Trinajstić information content (AvgIpc) is 2.39. The first-order valence-corrected chi connectivity index (χ1v) is 6.26. The number of pyridine rings is 1. The molecule has 1 aromatic heterocycles.